The topological polar surface area (TPSA) is 73.5 Å². The summed E-state index contributed by atoms with van der Waals surface area (Å²) in [4.78, 5) is 11.3. The second kappa shape index (κ2) is 8.39. The standard InChI is InChI=1S/C21H24N4O3/c1-26-18-7-6-15(13-19(18)27-2)14-25-11-8-16(9-12-25)20-23-21(28-24-20)17-5-3-4-10-22-17/h3-7,10,13,16H,8-9,11-12,14H2,1-2H3. The minimum absolute atomic E-state index is 0.322. The molecule has 1 aromatic carbocycles. The molecular weight excluding hydrogens is 356 g/mol. The predicted octanol–water partition coefficient (Wildman–Crippen LogP) is 3.53. The summed E-state index contributed by atoms with van der Waals surface area (Å²) in [6.07, 6.45) is 3.74. The van der Waals surface area contributed by atoms with E-state index < -0.39 is 0 Å². The number of aromatic nitrogens is 3. The molecule has 2 aromatic heterocycles. The van der Waals surface area contributed by atoms with Crippen LogP contribution in [0.4, 0.5) is 0 Å². The summed E-state index contributed by atoms with van der Waals surface area (Å²) in [6.45, 7) is 2.87. The molecule has 1 aliphatic rings. The first-order valence-electron chi connectivity index (χ1n) is 9.45. The lowest BCUT2D eigenvalue weighted by Crippen LogP contribution is -2.32. The van der Waals surface area contributed by atoms with E-state index in [-0.39, 0.29) is 0 Å². The first-order chi connectivity index (χ1) is 13.8. The highest BCUT2D eigenvalue weighted by Gasteiger charge is 2.25. The van der Waals surface area contributed by atoms with Crippen LogP contribution in [0.15, 0.2) is 47.1 Å². The van der Waals surface area contributed by atoms with Crippen LogP contribution in [0, 0.1) is 0 Å². The minimum Gasteiger partial charge on any atom is -0.493 e. The van der Waals surface area contributed by atoms with Crippen molar-refractivity contribution < 1.29 is 14.0 Å². The summed E-state index contributed by atoms with van der Waals surface area (Å²) in [5.41, 5.74) is 1.93. The lowest BCUT2D eigenvalue weighted by atomic mass is 9.96. The van der Waals surface area contributed by atoms with E-state index in [1.807, 2.05) is 30.3 Å². The average Bonchev–Trinajstić information content (AvgIpc) is 3.25. The molecule has 0 amide bonds. The summed E-state index contributed by atoms with van der Waals surface area (Å²) < 4.78 is 16.1. The van der Waals surface area contributed by atoms with Gasteiger partial charge in [-0.05, 0) is 55.8 Å². The molecule has 3 heterocycles. The van der Waals surface area contributed by atoms with Gasteiger partial charge in [0, 0.05) is 18.7 Å². The van der Waals surface area contributed by atoms with Gasteiger partial charge in [-0.25, -0.2) is 0 Å². The maximum absolute atomic E-state index is 5.41. The molecule has 0 bridgehead atoms. The Balaban J connectivity index is 1.36. The van der Waals surface area contributed by atoms with Gasteiger partial charge in [0.1, 0.15) is 5.69 Å². The van der Waals surface area contributed by atoms with Crippen molar-refractivity contribution in [3.05, 3.63) is 54.0 Å². The first-order valence-corrected chi connectivity index (χ1v) is 9.45. The van der Waals surface area contributed by atoms with Crippen molar-refractivity contribution in [3.63, 3.8) is 0 Å². The zero-order chi connectivity index (χ0) is 19.3. The van der Waals surface area contributed by atoms with Gasteiger partial charge in [-0.2, -0.15) is 4.98 Å². The monoisotopic (exact) mass is 380 g/mol. The SMILES string of the molecule is COc1ccc(CN2CCC(c3noc(-c4ccccn4)n3)CC2)cc1OC. The fraction of sp³-hybridized carbons (Fsp3) is 0.381. The Hall–Kier alpha value is -2.93. The van der Waals surface area contributed by atoms with E-state index in [4.69, 9.17) is 14.0 Å². The van der Waals surface area contributed by atoms with Crippen LogP contribution in [0.2, 0.25) is 0 Å². The van der Waals surface area contributed by atoms with Gasteiger partial charge >= 0.3 is 0 Å². The molecule has 7 nitrogen and oxygen atoms in total. The van der Waals surface area contributed by atoms with Crippen molar-refractivity contribution in [1.82, 2.24) is 20.0 Å². The van der Waals surface area contributed by atoms with Crippen LogP contribution in [0.5, 0.6) is 11.5 Å². The van der Waals surface area contributed by atoms with Crippen LogP contribution in [0.1, 0.15) is 30.1 Å². The first kappa shape index (κ1) is 18.4. The molecule has 0 N–H and O–H groups in total. The molecule has 1 fully saturated rings. The fourth-order valence-corrected chi connectivity index (χ4v) is 3.58. The largest absolute Gasteiger partial charge is 0.493 e. The van der Waals surface area contributed by atoms with Gasteiger partial charge in [0.05, 0.1) is 14.2 Å². The van der Waals surface area contributed by atoms with E-state index in [1.54, 1.807) is 20.4 Å². The molecule has 0 saturated carbocycles. The molecule has 0 radical (unpaired) electrons. The minimum atomic E-state index is 0.322. The quantitative estimate of drug-likeness (QED) is 0.648. The zero-order valence-electron chi connectivity index (χ0n) is 16.2. The molecule has 146 valence electrons. The molecule has 3 aromatic rings. The van der Waals surface area contributed by atoms with E-state index in [0.29, 0.717) is 17.5 Å². The Kier molecular flexibility index (Phi) is 5.53. The van der Waals surface area contributed by atoms with Crippen molar-refractivity contribution in [3.8, 4) is 23.1 Å². The van der Waals surface area contributed by atoms with Crippen LogP contribution < -0.4 is 9.47 Å². The van der Waals surface area contributed by atoms with Crippen molar-refractivity contribution in [2.45, 2.75) is 25.3 Å². The van der Waals surface area contributed by atoms with E-state index in [9.17, 15) is 0 Å². The highest BCUT2D eigenvalue weighted by atomic mass is 16.5. The molecule has 7 heteroatoms. The summed E-state index contributed by atoms with van der Waals surface area (Å²) >= 11 is 0. The lowest BCUT2D eigenvalue weighted by molar-refractivity contribution is 0.200. The van der Waals surface area contributed by atoms with Crippen molar-refractivity contribution in [2.24, 2.45) is 0 Å². The number of pyridine rings is 1. The Morgan fingerprint density at radius 2 is 1.89 bits per heavy atom. The smallest absolute Gasteiger partial charge is 0.276 e. The molecule has 0 aliphatic carbocycles. The Labute approximate surface area is 164 Å². The van der Waals surface area contributed by atoms with Crippen molar-refractivity contribution in [2.75, 3.05) is 27.3 Å². The van der Waals surface area contributed by atoms with Crippen LogP contribution in [-0.4, -0.2) is 47.3 Å². The van der Waals surface area contributed by atoms with Crippen LogP contribution in [0.3, 0.4) is 0 Å². The number of ether oxygens (including phenoxy) is 2. The fourth-order valence-electron chi connectivity index (χ4n) is 3.58. The van der Waals surface area contributed by atoms with Crippen LogP contribution in [0.25, 0.3) is 11.6 Å². The molecule has 0 unspecified atom stereocenters. The van der Waals surface area contributed by atoms with Gasteiger partial charge in [0.2, 0.25) is 0 Å². The maximum atomic E-state index is 5.41. The van der Waals surface area contributed by atoms with E-state index >= 15 is 0 Å². The number of methoxy groups -OCH3 is 2. The van der Waals surface area contributed by atoms with Gasteiger partial charge in [-0.15, -0.1) is 0 Å². The summed E-state index contributed by atoms with van der Waals surface area (Å²) in [5.74, 6) is 3.12. The third-order valence-electron chi connectivity index (χ3n) is 5.13. The number of piperidine rings is 1. The lowest BCUT2D eigenvalue weighted by Gasteiger charge is -2.30. The van der Waals surface area contributed by atoms with Crippen LogP contribution >= 0.6 is 0 Å². The average molecular weight is 380 g/mol. The van der Waals surface area contributed by atoms with Gasteiger partial charge in [0.25, 0.3) is 5.89 Å². The molecule has 1 saturated heterocycles. The third kappa shape index (κ3) is 3.99. The van der Waals surface area contributed by atoms with Gasteiger partial charge < -0.3 is 14.0 Å². The predicted molar refractivity (Wildman–Crippen MR) is 104 cm³/mol. The van der Waals surface area contributed by atoms with E-state index in [2.05, 4.69) is 26.1 Å². The number of hydrogen-bond donors (Lipinski definition) is 0. The summed E-state index contributed by atoms with van der Waals surface area (Å²) in [5, 5.41) is 4.19. The molecule has 4 rings (SSSR count). The van der Waals surface area contributed by atoms with E-state index in [1.165, 1.54) is 5.56 Å². The highest BCUT2D eigenvalue weighted by molar-refractivity contribution is 5.45. The molecule has 1 aliphatic heterocycles. The zero-order valence-corrected chi connectivity index (χ0v) is 16.2. The molecule has 0 spiro atoms. The van der Waals surface area contributed by atoms with Gasteiger partial charge in [-0.3, -0.25) is 9.88 Å². The number of rotatable bonds is 6. The van der Waals surface area contributed by atoms with Crippen LogP contribution in [-0.2, 0) is 6.54 Å². The Morgan fingerprint density at radius 1 is 1.07 bits per heavy atom. The van der Waals surface area contributed by atoms with Crippen molar-refractivity contribution in [1.29, 1.82) is 0 Å². The van der Waals surface area contributed by atoms with Crippen molar-refractivity contribution >= 4 is 0 Å². The molecular formula is C21H24N4O3. The number of hydrogen-bond acceptors (Lipinski definition) is 7. The highest BCUT2D eigenvalue weighted by Crippen LogP contribution is 2.31. The van der Waals surface area contributed by atoms with E-state index in [0.717, 1.165) is 49.8 Å². The molecule has 0 atom stereocenters. The summed E-state index contributed by atoms with van der Waals surface area (Å²) in [7, 11) is 3.32. The maximum Gasteiger partial charge on any atom is 0.276 e. The van der Waals surface area contributed by atoms with Gasteiger partial charge in [0.15, 0.2) is 17.3 Å². The second-order valence-corrected chi connectivity index (χ2v) is 6.91. The third-order valence-corrected chi connectivity index (χ3v) is 5.13. The number of benzene rings is 1. The number of likely N-dealkylation sites (tertiary alicyclic amines) is 1. The Morgan fingerprint density at radius 3 is 2.61 bits per heavy atom. The summed E-state index contributed by atoms with van der Waals surface area (Å²) in [6, 6.07) is 11.8. The van der Waals surface area contributed by atoms with Gasteiger partial charge in [-0.1, -0.05) is 17.3 Å². The number of nitrogens with zero attached hydrogens (tertiary/aromatic N) is 4. The Bertz CT molecular complexity index is 905. The second-order valence-electron chi connectivity index (χ2n) is 6.91. The normalized spacial score (nSPS) is 15.5. The molecule has 28 heavy (non-hydrogen) atoms.